The molecule has 1 aromatic carbocycles. The Balaban J connectivity index is 1.45. The van der Waals surface area contributed by atoms with Gasteiger partial charge < -0.3 is 14.3 Å². The van der Waals surface area contributed by atoms with E-state index in [2.05, 4.69) is 20.3 Å². The lowest BCUT2D eigenvalue weighted by Gasteiger charge is -2.31. The van der Waals surface area contributed by atoms with E-state index in [1.54, 1.807) is 35.2 Å². The van der Waals surface area contributed by atoms with Gasteiger partial charge in [-0.25, -0.2) is 9.67 Å². The van der Waals surface area contributed by atoms with Crippen molar-refractivity contribution in [3.8, 4) is 0 Å². The van der Waals surface area contributed by atoms with E-state index in [4.69, 9.17) is 27.6 Å². The molecule has 5 rings (SSSR count). The van der Waals surface area contributed by atoms with Crippen LogP contribution in [0.15, 0.2) is 45.8 Å². The third kappa shape index (κ3) is 3.89. The second-order valence-electron chi connectivity index (χ2n) is 7.67. The van der Waals surface area contributed by atoms with Crippen molar-refractivity contribution >= 4 is 40.3 Å². The minimum absolute atomic E-state index is 0.123. The fraction of sp³-hybridized carbons (Fsp3) is 0.286. The van der Waals surface area contributed by atoms with E-state index in [0.29, 0.717) is 40.4 Å². The molecule has 3 aromatic heterocycles. The Morgan fingerprint density at radius 2 is 2.16 bits per heavy atom. The van der Waals surface area contributed by atoms with Crippen LogP contribution in [0.2, 0.25) is 10.0 Å². The molecule has 1 amide bonds. The van der Waals surface area contributed by atoms with Crippen LogP contribution in [0.25, 0.3) is 11.2 Å². The summed E-state index contributed by atoms with van der Waals surface area (Å²) >= 11 is 12.3. The number of furan rings is 1. The maximum atomic E-state index is 12.7. The molecule has 1 fully saturated rings. The Morgan fingerprint density at radius 1 is 1.28 bits per heavy atom. The van der Waals surface area contributed by atoms with Crippen LogP contribution in [0.5, 0.6) is 0 Å². The van der Waals surface area contributed by atoms with Gasteiger partial charge in [-0.3, -0.25) is 9.59 Å². The maximum Gasteiger partial charge on any atom is 0.289 e. The van der Waals surface area contributed by atoms with Gasteiger partial charge in [0.15, 0.2) is 16.9 Å². The molecule has 0 unspecified atom stereocenters. The molecule has 4 aromatic rings. The van der Waals surface area contributed by atoms with Gasteiger partial charge in [0.1, 0.15) is 5.82 Å². The number of hydrogen-bond donors (Lipinski definition) is 1. The van der Waals surface area contributed by atoms with Gasteiger partial charge in [0.25, 0.3) is 11.5 Å². The van der Waals surface area contributed by atoms with Crippen LogP contribution in [-0.4, -0.2) is 48.9 Å². The van der Waals surface area contributed by atoms with E-state index < -0.39 is 0 Å². The molecule has 0 radical (unpaired) electrons. The van der Waals surface area contributed by atoms with Crippen LogP contribution in [0.4, 0.5) is 0 Å². The number of carbonyl (C=O) groups is 1. The quantitative estimate of drug-likeness (QED) is 0.486. The summed E-state index contributed by atoms with van der Waals surface area (Å²) in [6.45, 7) is 1.34. The second-order valence-corrected chi connectivity index (χ2v) is 8.52. The SMILES string of the molecule is O=C(c1ccco1)N1CCC[C@@H](c2nc3c(nnn3Cc3ccc(Cl)cc3Cl)c(=O)[nH]2)C1. The molecule has 4 heterocycles. The molecule has 9 nitrogen and oxygen atoms in total. The van der Waals surface area contributed by atoms with E-state index in [9.17, 15) is 9.59 Å². The molecule has 1 N–H and O–H groups in total. The minimum Gasteiger partial charge on any atom is -0.459 e. The summed E-state index contributed by atoms with van der Waals surface area (Å²) in [4.78, 5) is 34.6. The zero-order valence-corrected chi connectivity index (χ0v) is 18.3. The normalized spacial score (nSPS) is 16.6. The summed E-state index contributed by atoms with van der Waals surface area (Å²) in [6.07, 6.45) is 3.06. The molecule has 0 saturated carbocycles. The monoisotopic (exact) mass is 472 g/mol. The van der Waals surface area contributed by atoms with Gasteiger partial charge in [-0.05, 0) is 42.7 Å². The number of aromatic nitrogens is 5. The van der Waals surface area contributed by atoms with Crippen molar-refractivity contribution in [2.45, 2.75) is 25.3 Å². The molecule has 1 saturated heterocycles. The van der Waals surface area contributed by atoms with Gasteiger partial charge in [0, 0.05) is 29.1 Å². The van der Waals surface area contributed by atoms with E-state index in [1.807, 2.05) is 0 Å². The number of H-pyrrole nitrogens is 1. The Kier molecular flexibility index (Phi) is 5.44. The molecule has 0 bridgehead atoms. The first-order chi connectivity index (χ1) is 15.5. The number of benzene rings is 1. The molecule has 11 heteroatoms. The van der Waals surface area contributed by atoms with Crippen LogP contribution < -0.4 is 5.56 Å². The van der Waals surface area contributed by atoms with E-state index in [0.717, 1.165) is 18.4 Å². The number of fused-ring (bicyclic) bond motifs is 1. The van der Waals surface area contributed by atoms with Crippen molar-refractivity contribution in [2.24, 2.45) is 0 Å². The smallest absolute Gasteiger partial charge is 0.289 e. The number of nitrogens with zero attached hydrogens (tertiary/aromatic N) is 5. The molecular formula is C21H18Cl2N6O3. The summed E-state index contributed by atoms with van der Waals surface area (Å²) in [5.74, 6) is 0.504. The predicted molar refractivity (Wildman–Crippen MR) is 118 cm³/mol. The van der Waals surface area contributed by atoms with Crippen LogP contribution in [0, 0.1) is 0 Å². The zero-order chi connectivity index (χ0) is 22.2. The molecule has 1 aliphatic rings. The fourth-order valence-electron chi connectivity index (χ4n) is 3.94. The topological polar surface area (TPSA) is 110 Å². The average molecular weight is 473 g/mol. The van der Waals surface area contributed by atoms with Crippen molar-refractivity contribution in [1.29, 1.82) is 0 Å². The zero-order valence-electron chi connectivity index (χ0n) is 16.8. The lowest BCUT2D eigenvalue weighted by atomic mass is 9.97. The number of rotatable bonds is 4. The van der Waals surface area contributed by atoms with Gasteiger partial charge in [-0.2, -0.15) is 0 Å². The van der Waals surface area contributed by atoms with Crippen molar-refractivity contribution in [3.63, 3.8) is 0 Å². The summed E-state index contributed by atoms with van der Waals surface area (Å²) in [7, 11) is 0. The van der Waals surface area contributed by atoms with Gasteiger partial charge >= 0.3 is 0 Å². The fourth-order valence-corrected chi connectivity index (χ4v) is 4.40. The first-order valence-corrected chi connectivity index (χ1v) is 10.9. The highest BCUT2D eigenvalue weighted by Gasteiger charge is 2.29. The molecule has 1 atom stereocenters. The molecule has 0 spiro atoms. The van der Waals surface area contributed by atoms with Crippen LogP contribution in [0.3, 0.4) is 0 Å². The van der Waals surface area contributed by atoms with Crippen molar-refractivity contribution in [2.75, 3.05) is 13.1 Å². The summed E-state index contributed by atoms with van der Waals surface area (Å²) in [6, 6.07) is 8.51. The van der Waals surface area contributed by atoms with E-state index >= 15 is 0 Å². The molecular weight excluding hydrogens is 455 g/mol. The van der Waals surface area contributed by atoms with Gasteiger partial charge in [-0.15, -0.1) is 5.10 Å². The van der Waals surface area contributed by atoms with E-state index in [-0.39, 0.29) is 29.4 Å². The summed E-state index contributed by atoms with van der Waals surface area (Å²) in [5, 5.41) is 9.10. The molecule has 1 aliphatic heterocycles. The highest BCUT2D eigenvalue weighted by Crippen LogP contribution is 2.26. The summed E-state index contributed by atoms with van der Waals surface area (Å²) in [5.41, 5.74) is 0.926. The third-order valence-electron chi connectivity index (χ3n) is 5.55. The van der Waals surface area contributed by atoms with Crippen LogP contribution in [-0.2, 0) is 6.54 Å². The van der Waals surface area contributed by atoms with Crippen molar-refractivity contribution in [1.82, 2.24) is 29.9 Å². The standard InChI is InChI=1S/C21H18Cl2N6O3/c22-14-6-5-12(15(23)9-14)11-29-19-17(26-27-29)20(30)25-18(24-19)13-3-1-7-28(10-13)21(31)16-4-2-8-32-16/h2,4-6,8-9,13H,1,3,7,10-11H2,(H,24,25,30)/t13-/m1/s1. The molecule has 32 heavy (non-hydrogen) atoms. The number of piperidine rings is 1. The largest absolute Gasteiger partial charge is 0.459 e. The Morgan fingerprint density at radius 3 is 2.94 bits per heavy atom. The van der Waals surface area contributed by atoms with Crippen LogP contribution in [0.1, 0.15) is 40.7 Å². The number of halogens is 2. The first-order valence-electron chi connectivity index (χ1n) is 10.1. The van der Waals surface area contributed by atoms with Crippen LogP contribution >= 0.6 is 23.2 Å². The number of amides is 1. The molecule has 0 aliphatic carbocycles. The molecule has 164 valence electrons. The number of likely N-dealkylation sites (tertiary alicyclic amines) is 1. The van der Waals surface area contributed by atoms with Gasteiger partial charge in [0.2, 0.25) is 0 Å². The van der Waals surface area contributed by atoms with E-state index in [1.165, 1.54) is 10.9 Å². The number of hydrogen-bond acceptors (Lipinski definition) is 6. The second kappa shape index (κ2) is 8.40. The number of nitrogens with one attached hydrogen (secondary N) is 1. The Hall–Kier alpha value is -3.17. The third-order valence-corrected chi connectivity index (χ3v) is 6.14. The van der Waals surface area contributed by atoms with Crippen molar-refractivity contribution in [3.05, 3.63) is 74.1 Å². The minimum atomic E-state index is -0.368. The number of aromatic amines is 1. The average Bonchev–Trinajstić information content (AvgIpc) is 3.46. The lowest BCUT2D eigenvalue weighted by Crippen LogP contribution is -2.39. The van der Waals surface area contributed by atoms with Gasteiger partial charge in [0.05, 0.1) is 12.8 Å². The Labute approximate surface area is 191 Å². The maximum absolute atomic E-state index is 12.7. The Bertz CT molecular complexity index is 1350. The predicted octanol–water partition coefficient (Wildman–Crippen LogP) is 3.48. The summed E-state index contributed by atoms with van der Waals surface area (Å²) < 4.78 is 6.78. The van der Waals surface area contributed by atoms with Gasteiger partial charge in [-0.1, -0.05) is 34.5 Å². The first kappa shape index (κ1) is 20.7. The lowest BCUT2D eigenvalue weighted by molar-refractivity contribution is 0.0672. The number of carbonyl (C=O) groups excluding carboxylic acids is 1. The highest BCUT2D eigenvalue weighted by molar-refractivity contribution is 6.35. The van der Waals surface area contributed by atoms with Crippen molar-refractivity contribution < 1.29 is 9.21 Å². The highest BCUT2D eigenvalue weighted by atomic mass is 35.5.